The molecule has 1 aliphatic heterocycles. The molecule has 1 saturated heterocycles. The third kappa shape index (κ3) is 12.8. The van der Waals surface area contributed by atoms with Crippen molar-refractivity contribution < 1.29 is 8.42 Å². The summed E-state index contributed by atoms with van der Waals surface area (Å²) in [7, 11) is -2.91. The average Bonchev–Trinajstić information content (AvgIpc) is 2.51. The predicted octanol–water partition coefficient (Wildman–Crippen LogP) is 2.10. The second-order valence-corrected chi connectivity index (χ2v) is 9.36. The summed E-state index contributed by atoms with van der Waals surface area (Å²) >= 11 is 0. The minimum atomic E-state index is -2.91. The minimum absolute atomic E-state index is 0. The van der Waals surface area contributed by atoms with Gasteiger partial charge in [-0.05, 0) is 65.1 Å². The lowest BCUT2D eigenvalue weighted by molar-refractivity contribution is 0.192. The molecule has 150 valence electrons. The molecule has 0 amide bonds. The van der Waals surface area contributed by atoms with E-state index < -0.39 is 9.84 Å². The van der Waals surface area contributed by atoms with E-state index in [0.29, 0.717) is 6.42 Å². The molecule has 6 nitrogen and oxygen atoms in total. The van der Waals surface area contributed by atoms with Crippen LogP contribution in [0.25, 0.3) is 0 Å². The maximum atomic E-state index is 11.3. The summed E-state index contributed by atoms with van der Waals surface area (Å²) in [6, 6.07) is 0.0844. The third-order valence-electron chi connectivity index (χ3n) is 4.43. The van der Waals surface area contributed by atoms with Crippen LogP contribution in [-0.2, 0) is 9.84 Å². The van der Waals surface area contributed by atoms with Gasteiger partial charge in [-0.3, -0.25) is 4.99 Å². The first kappa shape index (κ1) is 24.9. The maximum absolute atomic E-state index is 11.3. The van der Waals surface area contributed by atoms with Gasteiger partial charge >= 0.3 is 0 Å². The lowest BCUT2D eigenvalue weighted by Crippen LogP contribution is -2.43. The highest BCUT2D eigenvalue weighted by Gasteiger charge is 2.14. The van der Waals surface area contributed by atoms with E-state index in [-0.39, 0.29) is 35.8 Å². The van der Waals surface area contributed by atoms with Crippen molar-refractivity contribution in [3.63, 3.8) is 0 Å². The van der Waals surface area contributed by atoms with Gasteiger partial charge in [0.15, 0.2) is 5.96 Å². The standard InChI is InChI=1S/C17H36N4O2S.HI/c1-5-18-17(20-16(3)9-14-24(4,22)23)19-10-6-11-21-12-7-15(2)8-13-21;/h15-16H,5-14H2,1-4H3,(H2,18,19,20);1H. The fourth-order valence-electron chi connectivity index (χ4n) is 2.79. The first-order chi connectivity index (χ1) is 11.3. The number of nitrogens with zero attached hydrogens (tertiary/aromatic N) is 2. The molecule has 0 bridgehead atoms. The molecule has 0 aromatic rings. The molecular weight excluding hydrogens is 451 g/mol. The largest absolute Gasteiger partial charge is 0.357 e. The monoisotopic (exact) mass is 488 g/mol. The molecule has 1 rings (SSSR count). The topological polar surface area (TPSA) is 73.8 Å². The van der Waals surface area contributed by atoms with Crippen LogP contribution in [0.15, 0.2) is 4.99 Å². The minimum Gasteiger partial charge on any atom is -0.357 e. The van der Waals surface area contributed by atoms with E-state index in [1.807, 2.05) is 13.8 Å². The second-order valence-electron chi connectivity index (χ2n) is 7.10. The van der Waals surface area contributed by atoms with Gasteiger partial charge in [0.25, 0.3) is 0 Å². The Labute approximate surface area is 171 Å². The molecule has 1 heterocycles. The quantitative estimate of drug-likeness (QED) is 0.225. The number of sulfone groups is 1. The van der Waals surface area contributed by atoms with Crippen molar-refractivity contribution in [2.75, 3.05) is 44.7 Å². The number of rotatable bonds is 9. The number of nitrogens with one attached hydrogen (secondary N) is 2. The number of hydrogen-bond acceptors (Lipinski definition) is 4. The molecule has 1 fully saturated rings. The van der Waals surface area contributed by atoms with Crippen molar-refractivity contribution in [2.24, 2.45) is 10.9 Å². The van der Waals surface area contributed by atoms with Gasteiger partial charge in [-0.1, -0.05) is 6.92 Å². The average molecular weight is 488 g/mol. The van der Waals surface area contributed by atoms with E-state index in [1.54, 1.807) is 0 Å². The van der Waals surface area contributed by atoms with Gasteiger partial charge in [-0.2, -0.15) is 0 Å². The number of likely N-dealkylation sites (tertiary alicyclic amines) is 1. The zero-order valence-electron chi connectivity index (χ0n) is 16.3. The second kappa shape index (κ2) is 13.1. The van der Waals surface area contributed by atoms with Crippen molar-refractivity contribution in [1.29, 1.82) is 0 Å². The van der Waals surface area contributed by atoms with Crippen LogP contribution in [0.4, 0.5) is 0 Å². The van der Waals surface area contributed by atoms with E-state index in [9.17, 15) is 8.42 Å². The summed E-state index contributed by atoms with van der Waals surface area (Å²) in [4.78, 5) is 7.15. The van der Waals surface area contributed by atoms with E-state index in [0.717, 1.165) is 37.9 Å². The van der Waals surface area contributed by atoms with Gasteiger partial charge in [0.2, 0.25) is 0 Å². The van der Waals surface area contributed by atoms with Crippen LogP contribution >= 0.6 is 24.0 Å². The highest BCUT2D eigenvalue weighted by Crippen LogP contribution is 2.15. The van der Waals surface area contributed by atoms with Crippen LogP contribution in [0.5, 0.6) is 0 Å². The Hall–Kier alpha value is -0.0900. The molecule has 0 spiro atoms. The highest BCUT2D eigenvalue weighted by molar-refractivity contribution is 14.0. The lowest BCUT2D eigenvalue weighted by atomic mass is 9.99. The molecule has 0 aromatic heterocycles. The smallest absolute Gasteiger partial charge is 0.191 e. The highest BCUT2D eigenvalue weighted by atomic mass is 127. The zero-order chi connectivity index (χ0) is 18.0. The van der Waals surface area contributed by atoms with Gasteiger partial charge in [-0.25, -0.2) is 8.42 Å². The molecule has 25 heavy (non-hydrogen) atoms. The Morgan fingerprint density at radius 3 is 2.52 bits per heavy atom. The molecule has 0 aliphatic carbocycles. The Kier molecular flexibility index (Phi) is 13.1. The summed E-state index contributed by atoms with van der Waals surface area (Å²) in [5, 5.41) is 6.53. The van der Waals surface area contributed by atoms with Crippen LogP contribution in [0.2, 0.25) is 0 Å². The van der Waals surface area contributed by atoms with Crippen LogP contribution in [0.1, 0.15) is 46.5 Å². The van der Waals surface area contributed by atoms with E-state index in [4.69, 9.17) is 0 Å². The molecule has 8 heteroatoms. The van der Waals surface area contributed by atoms with Gasteiger partial charge < -0.3 is 15.5 Å². The first-order valence-corrected chi connectivity index (χ1v) is 11.3. The lowest BCUT2D eigenvalue weighted by Gasteiger charge is -2.29. The number of guanidine groups is 1. The summed E-state index contributed by atoms with van der Waals surface area (Å²) in [5.74, 6) is 1.86. The van der Waals surface area contributed by atoms with Crippen LogP contribution in [-0.4, -0.2) is 70.1 Å². The third-order valence-corrected chi connectivity index (χ3v) is 5.40. The zero-order valence-corrected chi connectivity index (χ0v) is 19.4. The summed E-state index contributed by atoms with van der Waals surface area (Å²) in [5.41, 5.74) is 0. The normalized spacial score (nSPS) is 18.5. The summed E-state index contributed by atoms with van der Waals surface area (Å²) < 4.78 is 22.5. The first-order valence-electron chi connectivity index (χ1n) is 9.25. The van der Waals surface area contributed by atoms with Crippen LogP contribution in [0, 0.1) is 5.92 Å². The van der Waals surface area contributed by atoms with E-state index in [2.05, 4.69) is 27.4 Å². The Morgan fingerprint density at radius 1 is 1.32 bits per heavy atom. The van der Waals surface area contributed by atoms with E-state index in [1.165, 1.54) is 32.2 Å². The summed E-state index contributed by atoms with van der Waals surface area (Å²) in [6.07, 6.45) is 5.55. The SMILES string of the molecule is CCNC(=NCCCN1CCC(C)CC1)NC(C)CCS(C)(=O)=O.I. The Morgan fingerprint density at radius 2 is 1.96 bits per heavy atom. The summed E-state index contributed by atoms with van der Waals surface area (Å²) in [6.45, 7) is 11.5. The van der Waals surface area contributed by atoms with Gasteiger partial charge in [0.05, 0.1) is 5.75 Å². The molecule has 0 radical (unpaired) electrons. The van der Waals surface area contributed by atoms with Crippen molar-refractivity contribution in [2.45, 2.75) is 52.5 Å². The van der Waals surface area contributed by atoms with E-state index >= 15 is 0 Å². The van der Waals surface area contributed by atoms with Crippen LogP contribution < -0.4 is 10.6 Å². The molecular formula is C17H37IN4O2S. The fourth-order valence-corrected chi connectivity index (χ4v) is 3.57. The molecule has 1 atom stereocenters. The van der Waals surface area contributed by atoms with Crippen molar-refractivity contribution >= 4 is 39.8 Å². The molecule has 2 N–H and O–H groups in total. The Bertz CT molecular complexity index is 477. The maximum Gasteiger partial charge on any atom is 0.191 e. The molecule has 1 aliphatic rings. The van der Waals surface area contributed by atoms with Crippen molar-refractivity contribution in [3.05, 3.63) is 0 Å². The fraction of sp³-hybridized carbons (Fsp3) is 0.941. The van der Waals surface area contributed by atoms with Crippen molar-refractivity contribution in [1.82, 2.24) is 15.5 Å². The predicted molar refractivity (Wildman–Crippen MR) is 118 cm³/mol. The molecule has 0 saturated carbocycles. The Balaban J connectivity index is 0.00000576. The van der Waals surface area contributed by atoms with Gasteiger partial charge in [0.1, 0.15) is 9.84 Å². The number of piperidine rings is 1. The number of hydrogen-bond donors (Lipinski definition) is 2. The molecule has 1 unspecified atom stereocenters. The van der Waals surface area contributed by atoms with Gasteiger partial charge in [-0.15, -0.1) is 24.0 Å². The van der Waals surface area contributed by atoms with Gasteiger partial charge in [0, 0.05) is 25.4 Å². The number of aliphatic imine (C=N–C) groups is 1. The van der Waals surface area contributed by atoms with Crippen molar-refractivity contribution in [3.8, 4) is 0 Å². The number of halogens is 1. The van der Waals surface area contributed by atoms with Crippen LogP contribution in [0.3, 0.4) is 0 Å². The molecule has 0 aromatic carbocycles.